The minimum absolute atomic E-state index is 0.0340. The zero-order valence-corrected chi connectivity index (χ0v) is 9.60. The number of likely N-dealkylation sites (tertiary alicyclic amines) is 1. The van der Waals surface area contributed by atoms with Crippen molar-refractivity contribution in [3.8, 4) is 0 Å². The number of nitrogens with zero attached hydrogens (tertiary/aromatic N) is 1. The monoisotopic (exact) mass is 237 g/mol. The molecule has 0 aliphatic carbocycles. The second-order valence-electron chi connectivity index (χ2n) is 4.46. The summed E-state index contributed by atoms with van der Waals surface area (Å²) in [5, 5.41) is 9.10. The van der Waals surface area contributed by atoms with E-state index in [1.165, 1.54) is 17.0 Å². The number of halogens is 1. The molecule has 1 aliphatic heterocycles. The molecular formula is C13H16FNO2. The van der Waals surface area contributed by atoms with E-state index in [2.05, 4.69) is 0 Å². The van der Waals surface area contributed by atoms with Crippen LogP contribution < -0.4 is 0 Å². The summed E-state index contributed by atoms with van der Waals surface area (Å²) in [5.41, 5.74) is 0.990. The highest BCUT2D eigenvalue weighted by atomic mass is 19.1. The van der Waals surface area contributed by atoms with Gasteiger partial charge >= 0.3 is 6.09 Å². The minimum atomic E-state index is -0.850. The second kappa shape index (κ2) is 5.17. The normalized spacial score (nSPS) is 20.3. The summed E-state index contributed by atoms with van der Waals surface area (Å²) in [4.78, 5) is 12.6. The molecule has 1 unspecified atom stereocenters. The summed E-state index contributed by atoms with van der Waals surface area (Å²) in [5.74, 6) is -0.257. The Morgan fingerprint density at radius 1 is 1.35 bits per heavy atom. The van der Waals surface area contributed by atoms with Crippen molar-refractivity contribution >= 4 is 6.09 Å². The molecule has 0 spiro atoms. The van der Waals surface area contributed by atoms with Crippen LogP contribution in [-0.4, -0.2) is 28.7 Å². The van der Waals surface area contributed by atoms with Gasteiger partial charge in [-0.1, -0.05) is 12.1 Å². The molecule has 1 fully saturated rings. The fraction of sp³-hybridized carbons (Fsp3) is 0.462. The maximum atomic E-state index is 12.8. The van der Waals surface area contributed by atoms with Crippen LogP contribution in [0.25, 0.3) is 0 Å². The SMILES string of the molecule is O=C(O)N1CCCCC1Cc1ccc(F)cc1. The zero-order chi connectivity index (χ0) is 12.3. The summed E-state index contributed by atoms with van der Waals surface area (Å²) < 4.78 is 12.8. The van der Waals surface area contributed by atoms with Gasteiger partial charge in [-0.15, -0.1) is 0 Å². The maximum absolute atomic E-state index is 12.8. The molecule has 17 heavy (non-hydrogen) atoms. The first kappa shape index (κ1) is 11.9. The quantitative estimate of drug-likeness (QED) is 0.859. The Morgan fingerprint density at radius 3 is 2.71 bits per heavy atom. The van der Waals surface area contributed by atoms with Gasteiger partial charge in [0.1, 0.15) is 5.82 Å². The highest BCUT2D eigenvalue weighted by Gasteiger charge is 2.26. The van der Waals surface area contributed by atoms with Crippen molar-refractivity contribution in [3.63, 3.8) is 0 Å². The number of hydrogen-bond acceptors (Lipinski definition) is 1. The number of benzene rings is 1. The molecule has 0 radical (unpaired) electrons. The summed E-state index contributed by atoms with van der Waals surface area (Å²) in [7, 11) is 0. The fourth-order valence-electron chi connectivity index (χ4n) is 2.36. The maximum Gasteiger partial charge on any atom is 0.407 e. The predicted octanol–water partition coefficient (Wildman–Crippen LogP) is 2.90. The first-order chi connectivity index (χ1) is 8.16. The Balaban J connectivity index is 2.05. The van der Waals surface area contributed by atoms with Gasteiger partial charge in [0.05, 0.1) is 0 Å². The van der Waals surface area contributed by atoms with Crippen molar-refractivity contribution < 1.29 is 14.3 Å². The lowest BCUT2D eigenvalue weighted by molar-refractivity contribution is 0.106. The number of piperidine rings is 1. The van der Waals surface area contributed by atoms with Crippen molar-refractivity contribution in [2.45, 2.75) is 31.7 Å². The van der Waals surface area contributed by atoms with E-state index >= 15 is 0 Å². The topological polar surface area (TPSA) is 40.5 Å². The van der Waals surface area contributed by atoms with Gasteiger partial charge in [-0.2, -0.15) is 0 Å². The molecule has 1 N–H and O–H groups in total. The Kier molecular flexibility index (Phi) is 3.61. The van der Waals surface area contributed by atoms with E-state index in [9.17, 15) is 9.18 Å². The number of rotatable bonds is 2. The van der Waals surface area contributed by atoms with E-state index in [4.69, 9.17) is 5.11 Å². The first-order valence-electron chi connectivity index (χ1n) is 5.91. The number of carboxylic acid groups (broad SMARTS) is 1. The standard InChI is InChI=1S/C13H16FNO2/c14-11-6-4-10(5-7-11)9-12-3-1-2-8-15(12)13(16)17/h4-7,12H,1-3,8-9H2,(H,16,17). The van der Waals surface area contributed by atoms with Crippen LogP contribution in [0.1, 0.15) is 24.8 Å². The molecule has 0 bridgehead atoms. The second-order valence-corrected chi connectivity index (χ2v) is 4.46. The van der Waals surface area contributed by atoms with E-state index in [1.54, 1.807) is 12.1 Å². The van der Waals surface area contributed by atoms with Crippen LogP contribution in [0.15, 0.2) is 24.3 Å². The minimum Gasteiger partial charge on any atom is -0.465 e. The van der Waals surface area contributed by atoms with Crippen molar-refractivity contribution in [3.05, 3.63) is 35.6 Å². The van der Waals surface area contributed by atoms with Crippen LogP contribution in [0, 0.1) is 5.82 Å². The van der Waals surface area contributed by atoms with Crippen molar-refractivity contribution in [2.24, 2.45) is 0 Å². The van der Waals surface area contributed by atoms with E-state index in [-0.39, 0.29) is 11.9 Å². The predicted molar refractivity (Wildman–Crippen MR) is 62.5 cm³/mol. The molecule has 1 saturated heterocycles. The first-order valence-corrected chi connectivity index (χ1v) is 5.91. The third kappa shape index (κ3) is 2.96. The molecule has 92 valence electrons. The molecule has 1 heterocycles. The van der Waals surface area contributed by atoms with E-state index in [1.807, 2.05) is 0 Å². The third-order valence-electron chi connectivity index (χ3n) is 3.26. The molecule has 1 amide bonds. The van der Waals surface area contributed by atoms with Crippen molar-refractivity contribution in [2.75, 3.05) is 6.54 Å². The van der Waals surface area contributed by atoms with Gasteiger partial charge in [0.25, 0.3) is 0 Å². The largest absolute Gasteiger partial charge is 0.465 e. The van der Waals surface area contributed by atoms with Gasteiger partial charge in [0.15, 0.2) is 0 Å². The van der Waals surface area contributed by atoms with Gasteiger partial charge < -0.3 is 10.0 Å². The van der Waals surface area contributed by atoms with E-state index < -0.39 is 6.09 Å². The molecule has 1 aromatic carbocycles. The number of carbonyl (C=O) groups is 1. The van der Waals surface area contributed by atoms with Crippen molar-refractivity contribution in [1.82, 2.24) is 4.90 Å². The lowest BCUT2D eigenvalue weighted by Gasteiger charge is -2.33. The molecular weight excluding hydrogens is 221 g/mol. The van der Waals surface area contributed by atoms with Crippen LogP contribution in [0.2, 0.25) is 0 Å². The molecule has 0 aromatic heterocycles. The van der Waals surface area contributed by atoms with Gasteiger partial charge in [0, 0.05) is 12.6 Å². The Bertz CT molecular complexity index is 391. The fourth-order valence-corrected chi connectivity index (χ4v) is 2.36. The Labute approximate surface area is 99.9 Å². The van der Waals surface area contributed by atoms with E-state index in [0.29, 0.717) is 13.0 Å². The smallest absolute Gasteiger partial charge is 0.407 e. The van der Waals surface area contributed by atoms with Crippen LogP contribution in [0.3, 0.4) is 0 Å². The lowest BCUT2D eigenvalue weighted by Crippen LogP contribution is -2.44. The van der Waals surface area contributed by atoms with Gasteiger partial charge in [-0.25, -0.2) is 9.18 Å². The number of amides is 1. The summed E-state index contributed by atoms with van der Waals surface area (Å²) >= 11 is 0. The highest BCUT2D eigenvalue weighted by Crippen LogP contribution is 2.20. The molecule has 1 atom stereocenters. The average molecular weight is 237 g/mol. The van der Waals surface area contributed by atoms with Crippen molar-refractivity contribution in [1.29, 1.82) is 0 Å². The van der Waals surface area contributed by atoms with Crippen LogP contribution in [0.4, 0.5) is 9.18 Å². The van der Waals surface area contributed by atoms with Gasteiger partial charge in [0.2, 0.25) is 0 Å². The Hall–Kier alpha value is -1.58. The molecule has 2 rings (SSSR count). The molecule has 0 saturated carbocycles. The van der Waals surface area contributed by atoms with Gasteiger partial charge in [-0.05, 0) is 43.4 Å². The summed E-state index contributed by atoms with van der Waals surface area (Å²) in [6.07, 6.45) is 2.72. The molecule has 1 aromatic rings. The third-order valence-corrected chi connectivity index (χ3v) is 3.26. The number of hydrogen-bond donors (Lipinski definition) is 1. The summed E-state index contributed by atoms with van der Waals surface area (Å²) in [6.45, 7) is 0.612. The molecule has 3 nitrogen and oxygen atoms in total. The Morgan fingerprint density at radius 2 is 2.06 bits per heavy atom. The van der Waals surface area contributed by atoms with Gasteiger partial charge in [-0.3, -0.25) is 0 Å². The highest BCUT2D eigenvalue weighted by molar-refractivity contribution is 5.65. The molecule has 1 aliphatic rings. The van der Waals surface area contributed by atoms with Crippen LogP contribution >= 0.6 is 0 Å². The zero-order valence-electron chi connectivity index (χ0n) is 9.60. The lowest BCUT2D eigenvalue weighted by atomic mass is 9.96. The summed E-state index contributed by atoms with van der Waals surface area (Å²) in [6, 6.07) is 6.33. The van der Waals surface area contributed by atoms with Crippen LogP contribution in [0.5, 0.6) is 0 Å². The van der Waals surface area contributed by atoms with Crippen LogP contribution in [-0.2, 0) is 6.42 Å². The van der Waals surface area contributed by atoms with E-state index in [0.717, 1.165) is 24.8 Å². The molecule has 4 heteroatoms. The average Bonchev–Trinajstić information content (AvgIpc) is 2.32.